The number of benzene rings is 7. The van der Waals surface area contributed by atoms with E-state index in [0.29, 0.717) is 5.92 Å². The summed E-state index contributed by atoms with van der Waals surface area (Å²) in [5.74, 6) is 2.05. The monoisotopic (exact) mass is 921 g/mol. The van der Waals surface area contributed by atoms with Crippen molar-refractivity contribution in [3.05, 3.63) is 280 Å². The Balaban J connectivity index is 0.997. The summed E-state index contributed by atoms with van der Waals surface area (Å²) >= 11 is 2.00. The summed E-state index contributed by atoms with van der Waals surface area (Å²) in [7, 11) is 0. The Morgan fingerprint density at radius 1 is 0.671 bits per heavy atom. The van der Waals surface area contributed by atoms with Crippen LogP contribution in [0.3, 0.4) is 0 Å². The Morgan fingerprint density at radius 2 is 1.30 bits per heavy atom. The summed E-state index contributed by atoms with van der Waals surface area (Å²) in [5, 5.41) is 2.25. The second-order valence-electron chi connectivity index (χ2n) is 19.7. The van der Waals surface area contributed by atoms with Crippen LogP contribution in [-0.4, -0.2) is 11.7 Å². The van der Waals surface area contributed by atoms with Gasteiger partial charge in [0.1, 0.15) is 5.84 Å². The molecule has 3 aliphatic carbocycles. The number of allylic oxidation sites excluding steroid dienone is 10. The molecular weight excluding hydrogens is 869 g/mol. The molecule has 7 aromatic carbocycles. The SMILES string of the molecule is CC12CC3=C(C=C1Sc1c(C4C=CC(c5c(-c6ccccc6)cccc5-c5ccccc5)=CC4(C)C4=NC(c5ccccc5)[NH2+]C(c5ccccc5)=N4)cccc12)C1CC=CC=C1N3c1ccccc1. The lowest BCUT2D eigenvalue weighted by Crippen LogP contribution is -2.90. The average Bonchev–Trinajstić information content (AvgIpc) is 3.91. The molecule has 0 spiro atoms. The first kappa shape index (κ1) is 42.5. The molecule has 0 saturated heterocycles. The van der Waals surface area contributed by atoms with Crippen molar-refractivity contribution < 1.29 is 5.32 Å². The highest BCUT2D eigenvalue weighted by Gasteiger charge is 2.51. The summed E-state index contributed by atoms with van der Waals surface area (Å²) in [6, 6.07) is 67.9. The van der Waals surface area contributed by atoms with Gasteiger partial charge in [0.15, 0.2) is 0 Å². The van der Waals surface area contributed by atoms with Crippen LogP contribution in [0.25, 0.3) is 27.8 Å². The highest BCUT2D eigenvalue weighted by Crippen LogP contribution is 2.64. The number of hydrogen-bond acceptors (Lipinski definition) is 4. The summed E-state index contributed by atoms with van der Waals surface area (Å²) in [4.78, 5) is 16.8. The Kier molecular flexibility index (Phi) is 10.4. The Morgan fingerprint density at radius 3 is 1.99 bits per heavy atom. The minimum Gasteiger partial charge on any atom is -0.317 e. The Hall–Kier alpha value is -7.57. The van der Waals surface area contributed by atoms with Crippen molar-refractivity contribution in [3.8, 4) is 22.3 Å². The number of nitrogens with zero attached hydrogens (tertiary/aromatic N) is 3. The smallest absolute Gasteiger partial charge is 0.235 e. The van der Waals surface area contributed by atoms with Crippen LogP contribution in [-0.2, 0) is 5.41 Å². The number of hydrogen-bond donors (Lipinski definition) is 1. The van der Waals surface area contributed by atoms with Crippen LogP contribution in [0.4, 0.5) is 5.69 Å². The highest BCUT2D eigenvalue weighted by molar-refractivity contribution is 8.03. The lowest BCUT2D eigenvalue weighted by molar-refractivity contribution is -0.586. The molecule has 4 nitrogen and oxygen atoms in total. The molecular formula is C65H53N4S+. The number of anilines is 1. The van der Waals surface area contributed by atoms with Gasteiger partial charge in [0.05, 0.1) is 11.0 Å². The lowest BCUT2D eigenvalue weighted by atomic mass is 9.66. The zero-order chi connectivity index (χ0) is 46.8. The first-order valence-electron chi connectivity index (χ1n) is 24.7. The van der Waals surface area contributed by atoms with Gasteiger partial charge in [0.25, 0.3) is 0 Å². The molecule has 3 aliphatic heterocycles. The van der Waals surface area contributed by atoms with Gasteiger partial charge in [-0.3, -0.25) is 5.32 Å². The predicted molar refractivity (Wildman–Crippen MR) is 290 cm³/mol. The summed E-state index contributed by atoms with van der Waals surface area (Å²) in [6.07, 6.45) is 18.7. The molecule has 6 aliphatic rings. The third kappa shape index (κ3) is 7.01. The second kappa shape index (κ2) is 17.1. The zero-order valence-electron chi connectivity index (χ0n) is 39.4. The Labute approximate surface area is 415 Å². The molecule has 7 aromatic rings. The van der Waals surface area contributed by atoms with Gasteiger partial charge in [-0.1, -0.05) is 213 Å². The molecule has 338 valence electrons. The maximum Gasteiger partial charge on any atom is 0.235 e. The highest BCUT2D eigenvalue weighted by atomic mass is 32.2. The molecule has 0 bridgehead atoms. The number of fused-ring (bicyclic) bond motifs is 5. The molecule has 0 fully saturated rings. The fraction of sp³-hybridized carbons (Fsp3) is 0.138. The van der Waals surface area contributed by atoms with Gasteiger partial charge in [-0.25, -0.2) is 4.99 Å². The largest absolute Gasteiger partial charge is 0.317 e. The maximum absolute atomic E-state index is 5.74. The topological polar surface area (TPSA) is 44.6 Å². The molecule has 5 heteroatoms. The minimum absolute atomic E-state index is 0.0835. The van der Waals surface area contributed by atoms with E-state index in [-0.39, 0.29) is 17.5 Å². The third-order valence-corrected chi connectivity index (χ3v) is 17.0. The van der Waals surface area contributed by atoms with Gasteiger partial charge in [-0.05, 0) is 99.9 Å². The number of nitrogens with two attached hydrogens (primary N) is 1. The fourth-order valence-electron chi connectivity index (χ4n) is 12.0. The maximum atomic E-state index is 5.74. The van der Waals surface area contributed by atoms with Gasteiger partial charge in [-0.2, -0.15) is 4.99 Å². The fourth-order valence-corrected chi connectivity index (χ4v) is 13.5. The second-order valence-corrected chi connectivity index (χ2v) is 20.8. The molecule has 70 heavy (non-hydrogen) atoms. The summed E-state index contributed by atoms with van der Waals surface area (Å²) in [5.41, 5.74) is 16.8. The van der Waals surface area contributed by atoms with Crippen LogP contribution in [0.1, 0.15) is 66.6 Å². The van der Waals surface area contributed by atoms with Crippen LogP contribution in [0.2, 0.25) is 0 Å². The van der Waals surface area contributed by atoms with Crippen LogP contribution in [0, 0.1) is 11.3 Å². The van der Waals surface area contributed by atoms with Crippen LogP contribution < -0.4 is 10.2 Å². The van der Waals surface area contributed by atoms with Gasteiger partial charge in [0, 0.05) is 56.1 Å². The van der Waals surface area contributed by atoms with Crippen molar-refractivity contribution in [1.82, 2.24) is 0 Å². The van der Waals surface area contributed by atoms with E-state index in [2.05, 4.69) is 255 Å². The standard InChI is InChI=1S/C65H52N4S/c1-64-42-57-53(51-32-18-19-37-56(51)69(57)48-30-16-7-17-31-48)40-58(64)70-60-52(35-21-36-55(60)64)54-39-38-47(59-49(43-22-8-3-9-23-43)33-20-34-50(59)44-24-10-4-11-25-44)41-65(54,2)63-67-61(45-26-12-5-13-27-45)66-62(68-63)46-28-14-6-15-29-46/h3-31,33-41,51,54,61H,32,42H2,1-2H3,(H,66,67,68)/p+1. The molecule has 3 heterocycles. The molecule has 5 atom stereocenters. The molecule has 0 radical (unpaired) electrons. The van der Waals surface area contributed by atoms with Gasteiger partial charge >= 0.3 is 0 Å². The van der Waals surface area contributed by atoms with Crippen LogP contribution >= 0.6 is 11.8 Å². The van der Waals surface area contributed by atoms with E-state index in [9.17, 15) is 0 Å². The van der Waals surface area contributed by atoms with E-state index >= 15 is 0 Å². The van der Waals surface area contributed by atoms with Crippen molar-refractivity contribution in [1.29, 1.82) is 0 Å². The van der Waals surface area contributed by atoms with Crippen molar-refractivity contribution in [2.45, 2.75) is 49.1 Å². The summed E-state index contributed by atoms with van der Waals surface area (Å²) in [6.45, 7) is 4.89. The first-order valence-corrected chi connectivity index (χ1v) is 25.5. The van der Waals surface area contributed by atoms with Gasteiger partial charge < -0.3 is 4.90 Å². The Bertz CT molecular complexity index is 3400. The van der Waals surface area contributed by atoms with E-state index in [1.165, 1.54) is 71.4 Å². The number of rotatable bonds is 8. The lowest BCUT2D eigenvalue weighted by Gasteiger charge is -2.39. The third-order valence-electron chi connectivity index (χ3n) is 15.5. The van der Waals surface area contributed by atoms with E-state index in [1.54, 1.807) is 0 Å². The molecule has 0 saturated carbocycles. The number of para-hydroxylation sites is 1. The van der Waals surface area contributed by atoms with E-state index in [4.69, 9.17) is 9.98 Å². The zero-order valence-corrected chi connectivity index (χ0v) is 40.2. The average molecular weight is 922 g/mol. The van der Waals surface area contributed by atoms with E-state index < -0.39 is 5.41 Å². The number of aliphatic imine (C=N–C) groups is 2. The van der Waals surface area contributed by atoms with Crippen LogP contribution in [0.5, 0.6) is 0 Å². The molecule has 13 rings (SSSR count). The quantitative estimate of drug-likeness (QED) is 0.165. The number of amidine groups is 2. The van der Waals surface area contributed by atoms with Crippen molar-refractivity contribution in [2.24, 2.45) is 21.3 Å². The number of quaternary nitrogens is 1. The van der Waals surface area contributed by atoms with Crippen molar-refractivity contribution >= 4 is 34.7 Å². The molecule has 0 aromatic heterocycles. The minimum atomic E-state index is -0.680. The first-order chi connectivity index (χ1) is 34.4. The molecule has 5 unspecified atom stereocenters. The van der Waals surface area contributed by atoms with E-state index in [1.807, 2.05) is 11.8 Å². The van der Waals surface area contributed by atoms with Gasteiger partial charge in [0.2, 0.25) is 12.0 Å². The predicted octanol–water partition coefficient (Wildman–Crippen LogP) is 14.8. The van der Waals surface area contributed by atoms with E-state index in [0.717, 1.165) is 41.2 Å². The van der Waals surface area contributed by atoms with Gasteiger partial charge in [-0.15, -0.1) is 0 Å². The number of thioether (sulfide) groups is 1. The van der Waals surface area contributed by atoms with Crippen molar-refractivity contribution in [3.63, 3.8) is 0 Å². The van der Waals surface area contributed by atoms with Crippen molar-refractivity contribution in [2.75, 3.05) is 4.90 Å². The molecule has 0 amide bonds. The molecule has 2 N–H and O–H groups in total. The normalized spacial score (nSPS) is 24.1. The summed E-state index contributed by atoms with van der Waals surface area (Å²) < 4.78 is 0. The van der Waals surface area contributed by atoms with Crippen LogP contribution in [0.15, 0.2) is 267 Å².